The highest BCUT2D eigenvalue weighted by molar-refractivity contribution is 7.80. The van der Waals surface area contributed by atoms with Crippen LogP contribution in [0.25, 0.3) is 11.1 Å². The van der Waals surface area contributed by atoms with Crippen LogP contribution in [0.2, 0.25) is 0 Å². The van der Waals surface area contributed by atoms with E-state index in [1.165, 1.54) is 0 Å². The Balaban J connectivity index is 2.60. The molecule has 0 aliphatic carbocycles. The Bertz CT molecular complexity index is 497. The van der Waals surface area contributed by atoms with Crippen LogP contribution < -0.4 is 10.5 Å². The highest BCUT2D eigenvalue weighted by Gasteiger charge is 2.08. The molecule has 0 radical (unpaired) electrons. The third-order valence-electron chi connectivity index (χ3n) is 2.43. The predicted molar refractivity (Wildman–Crippen MR) is 70.1 cm³/mol. The van der Waals surface area contributed by atoms with Crippen molar-refractivity contribution < 1.29 is 4.74 Å². The molecule has 0 saturated carbocycles. The largest absolute Gasteiger partial charge is 0.496 e. The summed E-state index contributed by atoms with van der Waals surface area (Å²) in [5, 5.41) is 0. The second kappa shape index (κ2) is 4.49. The Hall–Kier alpha value is -1.61. The van der Waals surface area contributed by atoms with E-state index >= 15 is 0 Å². The number of nitrogens with two attached hydrogens (primary N) is 1. The zero-order valence-corrected chi connectivity index (χ0v) is 9.87. The minimum Gasteiger partial charge on any atom is -0.496 e. The van der Waals surface area contributed by atoms with Gasteiger partial charge in [0.2, 0.25) is 0 Å². The van der Waals surface area contributed by atoms with Gasteiger partial charge in [-0.25, -0.2) is 0 Å². The smallest absolute Gasteiger partial charge is 0.128 e. The molecule has 2 aromatic carbocycles. The number of hydrogen-bond acceptors (Lipinski definition) is 3. The minimum absolute atomic E-state index is 0.625. The van der Waals surface area contributed by atoms with E-state index < -0.39 is 0 Å². The van der Waals surface area contributed by atoms with E-state index in [9.17, 15) is 0 Å². The lowest BCUT2D eigenvalue weighted by atomic mass is 10.0. The third-order valence-corrected chi connectivity index (χ3v) is 2.82. The summed E-state index contributed by atoms with van der Waals surface area (Å²) in [7, 11) is 1.64. The number of rotatable bonds is 2. The quantitative estimate of drug-likeness (QED) is 0.615. The van der Waals surface area contributed by atoms with Gasteiger partial charge in [-0.05, 0) is 11.6 Å². The Kier molecular flexibility index (Phi) is 3.06. The molecule has 2 rings (SSSR count). The van der Waals surface area contributed by atoms with Gasteiger partial charge in [0, 0.05) is 22.2 Å². The summed E-state index contributed by atoms with van der Waals surface area (Å²) in [4.78, 5) is 0.764. The van der Waals surface area contributed by atoms with Crippen LogP contribution in [0, 0.1) is 0 Å². The Morgan fingerprint density at radius 3 is 2.44 bits per heavy atom. The summed E-state index contributed by atoms with van der Waals surface area (Å²) in [5.74, 6) is 0.765. The Labute approximate surface area is 100 Å². The Morgan fingerprint density at radius 2 is 1.81 bits per heavy atom. The fourth-order valence-corrected chi connectivity index (χ4v) is 1.79. The molecule has 0 aromatic heterocycles. The highest BCUT2D eigenvalue weighted by atomic mass is 32.1. The van der Waals surface area contributed by atoms with E-state index in [0.29, 0.717) is 5.69 Å². The first kappa shape index (κ1) is 10.9. The summed E-state index contributed by atoms with van der Waals surface area (Å²) >= 11 is 4.32. The standard InChI is InChI=1S/C13H13NOS/c1-15-12-8-11(14)13(16)7-10(12)9-5-3-2-4-6-9/h2-8,16H,14H2,1H3. The molecule has 0 aliphatic heterocycles. The molecule has 0 heterocycles. The van der Waals surface area contributed by atoms with Crippen LogP contribution in [-0.2, 0) is 0 Å². The molecule has 0 atom stereocenters. The van der Waals surface area contributed by atoms with Crippen molar-refractivity contribution in [3.8, 4) is 16.9 Å². The monoisotopic (exact) mass is 231 g/mol. The summed E-state index contributed by atoms with van der Waals surface area (Å²) in [6, 6.07) is 13.7. The minimum atomic E-state index is 0.625. The van der Waals surface area contributed by atoms with Gasteiger partial charge in [0.05, 0.1) is 7.11 Å². The van der Waals surface area contributed by atoms with Crippen molar-refractivity contribution in [3.63, 3.8) is 0 Å². The van der Waals surface area contributed by atoms with E-state index in [-0.39, 0.29) is 0 Å². The van der Waals surface area contributed by atoms with Gasteiger partial charge in [-0.15, -0.1) is 12.6 Å². The fraction of sp³-hybridized carbons (Fsp3) is 0.0769. The zero-order chi connectivity index (χ0) is 11.5. The van der Waals surface area contributed by atoms with Crippen LogP contribution in [0.4, 0.5) is 5.69 Å². The summed E-state index contributed by atoms with van der Waals surface area (Å²) in [6.07, 6.45) is 0. The van der Waals surface area contributed by atoms with Gasteiger partial charge in [0.15, 0.2) is 0 Å². The molecule has 2 nitrogen and oxygen atoms in total. The molecule has 0 aliphatic rings. The molecule has 16 heavy (non-hydrogen) atoms. The molecule has 3 heteroatoms. The number of hydrogen-bond donors (Lipinski definition) is 2. The topological polar surface area (TPSA) is 35.2 Å². The van der Waals surface area contributed by atoms with Crippen molar-refractivity contribution in [2.45, 2.75) is 4.90 Å². The average Bonchev–Trinajstić information content (AvgIpc) is 2.33. The molecule has 0 unspecified atom stereocenters. The normalized spacial score (nSPS) is 10.1. The van der Waals surface area contributed by atoms with Crippen molar-refractivity contribution in [3.05, 3.63) is 42.5 Å². The maximum Gasteiger partial charge on any atom is 0.128 e. The van der Waals surface area contributed by atoms with Gasteiger partial charge < -0.3 is 10.5 Å². The molecular formula is C13H13NOS. The molecule has 0 bridgehead atoms. The summed E-state index contributed by atoms with van der Waals surface area (Å²) < 4.78 is 5.32. The van der Waals surface area contributed by atoms with Crippen LogP contribution in [0.15, 0.2) is 47.4 Å². The predicted octanol–water partition coefficient (Wildman–Crippen LogP) is 3.23. The van der Waals surface area contributed by atoms with Gasteiger partial charge in [0.25, 0.3) is 0 Å². The van der Waals surface area contributed by atoms with Gasteiger partial charge in [0.1, 0.15) is 5.75 Å². The molecule has 2 aromatic rings. The third kappa shape index (κ3) is 1.99. The first-order valence-electron chi connectivity index (χ1n) is 4.94. The lowest BCUT2D eigenvalue weighted by Gasteiger charge is -2.11. The highest BCUT2D eigenvalue weighted by Crippen LogP contribution is 2.35. The van der Waals surface area contributed by atoms with Gasteiger partial charge in [-0.2, -0.15) is 0 Å². The molecular weight excluding hydrogens is 218 g/mol. The van der Waals surface area contributed by atoms with Crippen LogP contribution in [0.1, 0.15) is 0 Å². The number of methoxy groups -OCH3 is 1. The van der Waals surface area contributed by atoms with Crippen LogP contribution in [0.3, 0.4) is 0 Å². The number of ether oxygens (including phenoxy) is 1. The van der Waals surface area contributed by atoms with E-state index in [0.717, 1.165) is 21.8 Å². The maximum atomic E-state index is 5.79. The van der Waals surface area contributed by atoms with E-state index in [2.05, 4.69) is 12.6 Å². The molecule has 0 saturated heterocycles. The molecule has 0 fully saturated rings. The molecule has 0 spiro atoms. The van der Waals surface area contributed by atoms with Crippen molar-refractivity contribution in [1.82, 2.24) is 0 Å². The Morgan fingerprint density at radius 1 is 1.12 bits per heavy atom. The van der Waals surface area contributed by atoms with Crippen LogP contribution in [-0.4, -0.2) is 7.11 Å². The van der Waals surface area contributed by atoms with Crippen LogP contribution >= 0.6 is 12.6 Å². The van der Waals surface area contributed by atoms with E-state index in [1.54, 1.807) is 13.2 Å². The number of anilines is 1. The van der Waals surface area contributed by atoms with E-state index in [4.69, 9.17) is 10.5 Å². The first-order chi connectivity index (χ1) is 7.72. The average molecular weight is 231 g/mol. The van der Waals surface area contributed by atoms with Gasteiger partial charge in [-0.3, -0.25) is 0 Å². The zero-order valence-electron chi connectivity index (χ0n) is 8.97. The van der Waals surface area contributed by atoms with Crippen molar-refractivity contribution in [2.24, 2.45) is 0 Å². The molecule has 82 valence electrons. The number of benzene rings is 2. The maximum absolute atomic E-state index is 5.79. The second-order valence-corrected chi connectivity index (χ2v) is 3.96. The van der Waals surface area contributed by atoms with Crippen LogP contribution in [0.5, 0.6) is 5.75 Å². The molecule has 2 N–H and O–H groups in total. The SMILES string of the molecule is COc1cc(N)c(S)cc1-c1ccccc1. The summed E-state index contributed by atoms with van der Waals surface area (Å²) in [5.41, 5.74) is 8.51. The van der Waals surface area contributed by atoms with Crippen molar-refractivity contribution >= 4 is 18.3 Å². The van der Waals surface area contributed by atoms with E-state index in [1.807, 2.05) is 36.4 Å². The fourth-order valence-electron chi connectivity index (χ4n) is 1.60. The van der Waals surface area contributed by atoms with Gasteiger partial charge in [-0.1, -0.05) is 30.3 Å². The first-order valence-corrected chi connectivity index (χ1v) is 5.39. The van der Waals surface area contributed by atoms with Gasteiger partial charge >= 0.3 is 0 Å². The lowest BCUT2D eigenvalue weighted by molar-refractivity contribution is 0.416. The second-order valence-electron chi connectivity index (χ2n) is 3.48. The van der Waals surface area contributed by atoms with Crippen molar-refractivity contribution in [1.29, 1.82) is 0 Å². The summed E-state index contributed by atoms with van der Waals surface area (Å²) in [6.45, 7) is 0. The lowest BCUT2D eigenvalue weighted by Crippen LogP contribution is -1.93. The number of nitrogen functional groups attached to an aromatic ring is 1. The number of thiol groups is 1. The molecule has 0 amide bonds. The van der Waals surface area contributed by atoms with Crippen molar-refractivity contribution in [2.75, 3.05) is 12.8 Å².